The van der Waals surface area contributed by atoms with Gasteiger partial charge in [-0.3, -0.25) is 4.79 Å². The number of amides is 1. The van der Waals surface area contributed by atoms with Crippen LogP contribution < -0.4 is 10.1 Å². The molecular weight excluding hydrogens is 302 g/mol. The van der Waals surface area contributed by atoms with Crippen molar-refractivity contribution in [1.29, 1.82) is 10.5 Å². The molecule has 5 heteroatoms. The first-order valence-corrected chi connectivity index (χ1v) is 7.30. The van der Waals surface area contributed by atoms with Crippen LogP contribution in [0.25, 0.3) is 6.08 Å². The van der Waals surface area contributed by atoms with Crippen molar-refractivity contribution in [2.24, 2.45) is 0 Å². The first-order chi connectivity index (χ1) is 11.7. The number of hydrogen-bond acceptors (Lipinski definition) is 4. The summed E-state index contributed by atoms with van der Waals surface area (Å²) in [7, 11) is 0. The SMILES string of the molecule is N#Cc1ccc(/C=C/C(=O)NCCOc2cccc(C#N)c2)cc1. The minimum atomic E-state index is -0.228. The number of rotatable bonds is 6. The number of nitrogens with one attached hydrogen (secondary N) is 1. The van der Waals surface area contributed by atoms with Crippen LogP contribution in [0.1, 0.15) is 16.7 Å². The Morgan fingerprint density at radius 2 is 1.83 bits per heavy atom. The predicted octanol–water partition coefficient (Wildman–Crippen LogP) is 2.64. The van der Waals surface area contributed by atoms with Crippen molar-refractivity contribution in [2.45, 2.75) is 0 Å². The maximum Gasteiger partial charge on any atom is 0.244 e. The number of ether oxygens (including phenoxy) is 1. The molecular formula is C19H15N3O2. The zero-order valence-corrected chi connectivity index (χ0v) is 12.9. The van der Waals surface area contributed by atoms with E-state index in [2.05, 4.69) is 5.32 Å². The third kappa shape index (κ3) is 5.32. The fraction of sp³-hybridized carbons (Fsp3) is 0.105. The lowest BCUT2D eigenvalue weighted by molar-refractivity contribution is -0.116. The lowest BCUT2D eigenvalue weighted by Gasteiger charge is -2.06. The average molecular weight is 317 g/mol. The molecule has 0 heterocycles. The highest BCUT2D eigenvalue weighted by atomic mass is 16.5. The van der Waals surface area contributed by atoms with Crippen LogP contribution in [0.15, 0.2) is 54.6 Å². The summed E-state index contributed by atoms with van der Waals surface area (Å²) < 4.78 is 5.47. The maximum absolute atomic E-state index is 11.7. The normalized spacial score (nSPS) is 9.92. The van der Waals surface area contributed by atoms with E-state index in [0.717, 1.165) is 5.56 Å². The van der Waals surface area contributed by atoms with E-state index in [1.165, 1.54) is 6.08 Å². The largest absolute Gasteiger partial charge is 0.492 e. The molecule has 0 bridgehead atoms. The monoisotopic (exact) mass is 317 g/mol. The Labute approximate surface area is 140 Å². The van der Waals surface area contributed by atoms with E-state index in [-0.39, 0.29) is 5.91 Å². The third-order valence-electron chi connectivity index (χ3n) is 3.10. The molecule has 0 aliphatic rings. The fourth-order valence-electron chi connectivity index (χ4n) is 1.90. The number of nitriles is 2. The zero-order valence-electron chi connectivity index (χ0n) is 12.9. The average Bonchev–Trinajstić information content (AvgIpc) is 2.64. The van der Waals surface area contributed by atoms with Crippen molar-refractivity contribution < 1.29 is 9.53 Å². The van der Waals surface area contributed by atoms with Gasteiger partial charge in [0.2, 0.25) is 5.91 Å². The molecule has 0 radical (unpaired) electrons. The molecule has 0 fully saturated rings. The number of nitrogens with zero attached hydrogens (tertiary/aromatic N) is 2. The minimum absolute atomic E-state index is 0.228. The number of carbonyl (C=O) groups is 1. The molecule has 0 saturated heterocycles. The van der Waals surface area contributed by atoms with Crippen molar-refractivity contribution in [3.05, 3.63) is 71.3 Å². The Balaban J connectivity index is 1.73. The van der Waals surface area contributed by atoms with Crippen molar-refractivity contribution in [3.8, 4) is 17.9 Å². The smallest absolute Gasteiger partial charge is 0.244 e. The van der Waals surface area contributed by atoms with Crippen molar-refractivity contribution in [1.82, 2.24) is 5.32 Å². The predicted molar refractivity (Wildman–Crippen MR) is 89.9 cm³/mol. The van der Waals surface area contributed by atoms with Crippen LogP contribution in [0.3, 0.4) is 0 Å². The highest BCUT2D eigenvalue weighted by molar-refractivity contribution is 5.91. The van der Waals surface area contributed by atoms with Gasteiger partial charge in [0.05, 0.1) is 29.8 Å². The van der Waals surface area contributed by atoms with E-state index in [1.54, 1.807) is 54.6 Å². The van der Waals surface area contributed by atoms with Gasteiger partial charge >= 0.3 is 0 Å². The Morgan fingerprint density at radius 1 is 1.08 bits per heavy atom. The van der Waals surface area contributed by atoms with Crippen LogP contribution in [0.2, 0.25) is 0 Å². The number of hydrogen-bond donors (Lipinski definition) is 1. The molecule has 2 rings (SSSR count). The summed E-state index contributed by atoms with van der Waals surface area (Å²) >= 11 is 0. The van der Waals surface area contributed by atoms with E-state index in [1.807, 2.05) is 12.1 Å². The Morgan fingerprint density at radius 3 is 2.54 bits per heavy atom. The van der Waals surface area contributed by atoms with Crippen molar-refractivity contribution in [3.63, 3.8) is 0 Å². The summed E-state index contributed by atoms with van der Waals surface area (Å²) in [4.78, 5) is 11.7. The topological polar surface area (TPSA) is 85.9 Å². The summed E-state index contributed by atoms with van der Waals surface area (Å²) in [6.07, 6.45) is 3.10. The lowest BCUT2D eigenvalue weighted by atomic mass is 10.1. The van der Waals surface area contributed by atoms with Gasteiger partial charge in [-0.05, 0) is 42.0 Å². The third-order valence-corrected chi connectivity index (χ3v) is 3.10. The molecule has 1 N–H and O–H groups in total. The number of benzene rings is 2. The first kappa shape index (κ1) is 16.8. The highest BCUT2D eigenvalue weighted by Crippen LogP contribution is 2.12. The van der Waals surface area contributed by atoms with E-state index in [9.17, 15) is 4.79 Å². The second-order valence-electron chi connectivity index (χ2n) is 4.85. The molecule has 0 saturated carbocycles. The Kier molecular flexibility index (Phi) is 6.14. The van der Waals surface area contributed by atoms with Crippen LogP contribution in [0.4, 0.5) is 0 Å². The zero-order chi connectivity index (χ0) is 17.2. The van der Waals surface area contributed by atoms with Gasteiger partial charge in [-0.15, -0.1) is 0 Å². The van der Waals surface area contributed by atoms with E-state index < -0.39 is 0 Å². The summed E-state index contributed by atoms with van der Waals surface area (Å²) in [5.41, 5.74) is 1.95. The molecule has 0 aliphatic heterocycles. The van der Waals surface area contributed by atoms with Crippen LogP contribution in [0.5, 0.6) is 5.75 Å². The molecule has 0 aliphatic carbocycles. The molecule has 0 aromatic heterocycles. The Hall–Kier alpha value is -3.57. The van der Waals surface area contributed by atoms with E-state index in [0.29, 0.717) is 30.0 Å². The number of carbonyl (C=O) groups excluding carboxylic acids is 1. The van der Waals surface area contributed by atoms with Crippen LogP contribution in [0, 0.1) is 22.7 Å². The molecule has 24 heavy (non-hydrogen) atoms. The van der Waals surface area contributed by atoms with Gasteiger partial charge in [0.25, 0.3) is 0 Å². The summed E-state index contributed by atoms with van der Waals surface area (Å²) in [6.45, 7) is 0.665. The molecule has 5 nitrogen and oxygen atoms in total. The van der Waals surface area contributed by atoms with Gasteiger partial charge in [-0.2, -0.15) is 10.5 Å². The van der Waals surface area contributed by atoms with Crippen LogP contribution in [-0.4, -0.2) is 19.1 Å². The minimum Gasteiger partial charge on any atom is -0.492 e. The Bertz CT molecular complexity index is 812. The summed E-state index contributed by atoms with van der Waals surface area (Å²) in [5.74, 6) is 0.366. The van der Waals surface area contributed by atoms with Crippen molar-refractivity contribution >= 4 is 12.0 Å². The van der Waals surface area contributed by atoms with Gasteiger partial charge in [-0.25, -0.2) is 0 Å². The summed E-state index contributed by atoms with van der Waals surface area (Å²) in [6, 6.07) is 17.9. The molecule has 0 spiro atoms. The first-order valence-electron chi connectivity index (χ1n) is 7.30. The molecule has 0 unspecified atom stereocenters. The quantitative estimate of drug-likeness (QED) is 0.655. The van der Waals surface area contributed by atoms with E-state index >= 15 is 0 Å². The second-order valence-corrected chi connectivity index (χ2v) is 4.85. The van der Waals surface area contributed by atoms with E-state index in [4.69, 9.17) is 15.3 Å². The van der Waals surface area contributed by atoms with Crippen molar-refractivity contribution in [2.75, 3.05) is 13.2 Å². The second kappa shape index (κ2) is 8.77. The standard InChI is InChI=1S/C19H15N3O2/c20-13-16-6-4-15(5-7-16)8-9-19(23)22-10-11-24-18-3-1-2-17(12-18)14-21/h1-9,12H,10-11H2,(H,22,23)/b9-8+. The van der Waals surface area contributed by atoms with Gasteiger partial charge in [0.15, 0.2) is 0 Å². The van der Waals surface area contributed by atoms with Gasteiger partial charge in [0, 0.05) is 6.08 Å². The summed E-state index contributed by atoms with van der Waals surface area (Å²) in [5, 5.41) is 20.2. The highest BCUT2D eigenvalue weighted by Gasteiger charge is 1.98. The van der Waals surface area contributed by atoms with Gasteiger partial charge < -0.3 is 10.1 Å². The fourth-order valence-corrected chi connectivity index (χ4v) is 1.90. The molecule has 2 aromatic rings. The molecule has 1 amide bonds. The van der Waals surface area contributed by atoms with Gasteiger partial charge in [-0.1, -0.05) is 18.2 Å². The van der Waals surface area contributed by atoms with Gasteiger partial charge in [0.1, 0.15) is 12.4 Å². The van der Waals surface area contributed by atoms with Crippen LogP contribution in [-0.2, 0) is 4.79 Å². The molecule has 2 aromatic carbocycles. The lowest BCUT2D eigenvalue weighted by Crippen LogP contribution is -2.26. The molecule has 118 valence electrons. The molecule has 0 atom stereocenters. The maximum atomic E-state index is 11.7. The van der Waals surface area contributed by atoms with Crippen LogP contribution >= 0.6 is 0 Å².